The maximum Gasteiger partial charge on any atom is 0.294 e. The first-order valence-corrected chi connectivity index (χ1v) is 10.3. The molecule has 160 valence electrons. The van der Waals surface area contributed by atoms with Crippen molar-refractivity contribution in [3.63, 3.8) is 0 Å². The van der Waals surface area contributed by atoms with Crippen LogP contribution in [-0.2, 0) is 14.4 Å². The number of nitrogens with two attached hydrogens (primary N) is 1. The van der Waals surface area contributed by atoms with E-state index < -0.39 is 17.1 Å². The number of hydrogen-bond acceptors (Lipinski definition) is 7. The van der Waals surface area contributed by atoms with E-state index in [0.29, 0.717) is 30.2 Å². The number of piperidine rings is 1. The molecule has 0 aliphatic carbocycles. The summed E-state index contributed by atoms with van der Waals surface area (Å²) in [4.78, 5) is 51.2. The minimum Gasteiger partial charge on any atom is -0.493 e. The fourth-order valence-electron chi connectivity index (χ4n) is 3.21. The highest BCUT2D eigenvalue weighted by atomic mass is 32.2. The third-order valence-corrected chi connectivity index (χ3v) is 5.64. The van der Waals surface area contributed by atoms with E-state index in [1.807, 2.05) is 0 Å². The minimum atomic E-state index is -0.617. The molecule has 2 fully saturated rings. The van der Waals surface area contributed by atoms with Gasteiger partial charge in [0.2, 0.25) is 5.91 Å². The zero-order valence-electron chi connectivity index (χ0n) is 16.6. The molecule has 0 unspecified atom stereocenters. The molecule has 0 saturated carbocycles. The predicted octanol–water partition coefficient (Wildman–Crippen LogP) is 1.61. The zero-order chi connectivity index (χ0) is 21.7. The lowest BCUT2D eigenvalue weighted by atomic mass is 10.1. The van der Waals surface area contributed by atoms with Gasteiger partial charge < -0.3 is 20.1 Å². The van der Waals surface area contributed by atoms with Crippen LogP contribution in [0.3, 0.4) is 0 Å². The van der Waals surface area contributed by atoms with Gasteiger partial charge in [-0.1, -0.05) is 6.07 Å². The number of methoxy groups -OCH3 is 1. The van der Waals surface area contributed by atoms with Gasteiger partial charge in [0.1, 0.15) is 6.54 Å². The Morgan fingerprint density at radius 2 is 1.90 bits per heavy atom. The molecule has 0 radical (unpaired) electrons. The van der Waals surface area contributed by atoms with Crippen LogP contribution in [0.5, 0.6) is 11.5 Å². The summed E-state index contributed by atoms with van der Waals surface area (Å²) in [6.45, 7) is 0.786. The van der Waals surface area contributed by atoms with Crippen molar-refractivity contribution in [3.05, 3.63) is 28.7 Å². The fourth-order valence-corrected chi connectivity index (χ4v) is 4.05. The maximum absolute atomic E-state index is 12.7. The highest BCUT2D eigenvalue weighted by molar-refractivity contribution is 8.18. The van der Waals surface area contributed by atoms with Crippen molar-refractivity contribution < 1.29 is 28.7 Å². The molecule has 2 aliphatic heterocycles. The number of benzene rings is 1. The van der Waals surface area contributed by atoms with Crippen molar-refractivity contribution in [1.29, 1.82) is 0 Å². The predicted molar refractivity (Wildman–Crippen MR) is 111 cm³/mol. The molecule has 1 aromatic carbocycles. The van der Waals surface area contributed by atoms with E-state index in [0.717, 1.165) is 35.9 Å². The van der Waals surface area contributed by atoms with Crippen molar-refractivity contribution in [3.8, 4) is 11.5 Å². The standard InChI is InChI=1S/C20H23N3O6S/c1-28-15-9-13(5-6-14(15)29-12-17(21)24)10-16-19(26)23(20(27)30-16)11-18(25)22-7-3-2-4-8-22/h5-6,9-10H,2-4,7-8,11-12H2,1H3,(H2,21,24)/b16-10-. The second kappa shape index (κ2) is 9.66. The van der Waals surface area contributed by atoms with Gasteiger partial charge in [0, 0.05) is 13.1 Å². The largest absolute Gasteiger partial charge is 0.493 e. The Balaban J connectivity index is 1.71. The van der Waals surface area contributed by atoms with E-state index in [1.165, 1.54) is 7.11 Å². The Morgan fingerprint density at radius 3 is 2.57 bits per heavy atom. The second-order valence-electron chi connectivity index (χ2n) is 6.87. The minimum absolute atomic E-state index is 0.212. The quantitative estimate of drug-likeness (QED) is 0.649. The van der Waals surface area contributed by atoms with Crippen molar-refractivity contribution in [1.82, 2.24) is 9.80 Å². The van der Waals surface area contributed by atoms with Gasteiger partial charge in [0.25, 0.3) is 17.1 Å². The molecular weight excluding hydrogens is 410 g/mol. The van der Waals surface area contributed by atoms with Crippen LogP contribution in [0, 0.1) is 0 Å². The molecular formula is C20H23N3O6S. The Hall–Kier alpha value is -3.01. The molecule has 2 heterocycles. The molecule has 0 aromatic heterocycles. The van der Waals surface area contributed by atoms with Gasteiger partial charge in [-0.05, 0) is 54.8 Å². The lowest BCUT2D eigenvalue weighted by molar-refractivity contribution is -0.136. The summed E-state index contributed by atoms with van der Waals surface area (Å²) >= 11 is 0.792. The van der Waals surface area contributed by atoms with Crippen LogP contribution in [0.2, 0.25) is 0 Å². The summed E-state index contributed by atoms with van der Waals surface area (Å²) in [6.07, 6.45) is 4.52. The molecule has 2 aliphatic rings. The smallest absolute Gasteiger partial charge is 0.294 e. The average Bonchev–Trinajstić information content (AvgIpc) is 3.00. The monoisotopic (exact) mass is 433 g/mol. The van der Waals surface area contributed by atoms with E-state index in [2.05, 4.69) is 0 Å². The van der Waals surface area contributed by atoms with Crippen LogP contribution in [0.15, 0.2) is 23.1 Å². The lowest BCUT2D eigenvalue weighted by Crippen LogP contribution is -2.44. The first kappa shape index (κ1) is 21.7. The number of rotatable bonds is 7. The van der Waals surface area contributed by atoms with Crippen LogP contribution in [0.1, 0.15) is 24.8 Å². The van der Waals surface area contributed by atoms with E-state index >= 15 is 0 Å². The number of likely N-dealkylation sites (tertiary alicyclic amines) is 1. The van der Waals surface area contributed by atoms with E-state index in [1.54, 1.807) is 29.2 Å². The molecule has 0 spiro atoms. The van der Waals surface area contributed by atoms with E-state index in [-0.39, 0.29) is 24.0 Å². The van der Waals surface area contributed by atoms with Crippen LogP contribution < -0.4 is 15.2 Å². The van der Waals surface area contributed by atoms with E-state index in [9.17, 15) is 19.2 Å². The number of amides is 4. The molecule has 1 aromatic rings. The average molecular weight is 433 g/mol. The number of carbonyl (C=O) groups excluding carboxylic acids is 4. The number of primary amides is 1. The summed E-state index contributed by atoms with van der Waals surface area (Å²) in [5.74, 6) is -0.647. The lowest BCUT2D eigenvalue weighted by Gasteiger charge is -2.27. The number of ether oxygens (including phenoxy) is 2. The summed E-state index contributed by atoms with van der Waals surface area (Å²) in [5, 5.41) is -0.468. The number of thioether (sulfide) groups is 1. The molecule has 30 heavy (non-hydrogen) atoms. The molecule has 4 amide bonds. The van der Waals surface area contributed by atoms with Crippen molar-refractivity contribution >= 4 is 40.8 Å². The molecule has 0 atom stereocenters. The van der Waals surface area contributed by atoms with Gasteiger partial charge in [-0.2, -0.15) is 0 Å². The molecule has 9 nitrogen and oxygen atoms in total. The van der Waals surface area contributed by atoms with Gasteiger partial charge in [-0.25, -0.2) is 0 Å². The zero-order valence-corrected chi connectivity index (χ0v) is 17.4. The summed E-state index contributed by atoms with van der Waals surface area (Å²) in [6, 6.07) is 4.85. The fraction of sp³-hybridized carbons (Fsp3) is 0.400. The van der Waals surface area contributed by atoms with Gasteiger partial charge in [-0.15, -0.1) is 0 Å². The second-order valence-corrected chi connectivity index (χ2v) is 7.87. The van der Waals surface area contributed by atoms with Gasteiger partial charge in [0.05, 0.1) is 12.0 Å². The van der Waals surface area contributed by atoms with Crippen LogP contribution in [0.4, 0.5) is 4.79 Å². The van der Waals surface area contributed by atoms with Crippen LogP contribution >= 0.6 is 11.8 Å². The van der Waals surface area contributed by atoms with Crippen molar-refractivity contribution in [2.24, 2.45) is 5.73 Å². The van der Waals surface area contributed by atoms with Gasteiger partial charge in [-0.3, -0.25) is 24.1 Å². The molecule has 10 heteroatoms. The first-order valence-electron chi connectivity index (χ1n) is 9.51. The first-order chi connectivity index (χ1) is 14.4. The third kappa shape index (κ3) is 5.12. The van der Waals surface area contributed by atoms with Crippen molar-refractivity contribution in [2.45, 2.75) is 19.3 Å². The molecule has 2 saturated heterocycles. The number of nitrogens with zero attached hydrogens (tertiary/aromatic N) is 2. The van der Waals surface area contributed by atoms with Crippen LogP contribution in [-0.4, -0.2) is 66.1 Å². The van der Waals surface area contributed by atoms with Crippen molar-refractivity contribution in [2.75, 3.05) is 33.4 Å². The Kier molecular flexibility index (Phi) is 6.99. The number of imide groups is 1. The third-order valence-electron chi connectivity index (χ3n) is 4.73. The van der Waals surface area contributed by atoms with Gasteiger partial charge >= 0.3 is 0 Å². The highest BCUT2D eigenvalue weighted by Crippen LogP contribution is 2.34. The SMILES string of the molecule is COc1cc(/C=C2\SC(=O)N(CC(=O)N3CCCCC3)C2=O)ccc1OCC(N)=O. The molecule has 2 N–H and O–H groups in total. The summed E-state index contributed by atoms with van der Waals surface area (Å²) in [7, 11) is 1.44. The summed E-state index contributed by atoms with van der Waals surface area (Å²) in [5.41, 5.74) is 5.68. The van der Waals surface area contributed by atoms with E-state index in [4.69, 9.17) is 15.2 Å². The Morgan fingerprint density at radius 1 is 1.17 bits per heavy atom. The van der Waals surface area contributed by atoms with Gasteiger partial charge in [0.15, 0.2) is 18.1 Å². The molecule has 0 bridgehead atoms. The number of hydrogen-bond donors (Lipinski definition) is 1. The normalized spacial score (nSPS) is 18.1. The summed E-state index contributed by atoms with van der Waals surface area (Å²) < 4.78 is 10.5. The van der Waals surface area contributed by atoms with Crippen LogP contribution in [0.25, 0.3) is 6.08 Å². The topological polar surface area (TPSA) is 119 Å². The number of carbonyl (C=O) groups is 4. The Bertz CT molecular complexity index is 895. The Labute approximate surface area is 178 Å². The maximum atomic E-state index is 12.7. The molecule has 3 rings (SSSR count). The highest BCUT2D eigenvalue weighted by Gasteiger charge is 2.37.